The zero-order chi connectivity index (χ0) is 14.3. The number of benzene rings is 1. The summed E-state index contributed by atoms with van der Waals surface area (Å²) in [5.74, 6) is 0.857. The van der Waals surface area contributed by atoms with Gasteiger partial charge in [0.2, 0.25) is 0 Å². The molecule has 0 aliphatic carbocycles. The first-order valence-electron chi connectivity index (χ1n) is 5.90. The van der Waals surface area contributed by atoms with Crippen molar-refractivity contribution in [3.63, 3.8) is 0 Å². The molecule has 6 heteroatoms. The Morgan fingerprint density at radius 2 is 1.89 bits per heavy atom. The van der Waals surface area contributed by atoms with Gasteiger partial charge in [0.15, 0.2) is 0 Å². The number of nitriles is 1. The highest BCUT2D eigenvalue weighted by Crippen LogP contribution is 2.11. The Bertz CT molecular complexity index is 532. The summed E-state index contributed by atoms with van der Waals surface area (Å²) < 4.78 is 27.5. The lowest BCUT2D eigenvalue weighted by atomic mass is 10.2. The minimum Gasteiger partial charge on any atom is -0.492 e. The number of rotatable bonds is 7. The van der Waals surface area contributed by atoms with Crippen LogP contribution in [0.1, 0.15) is 5.56 Å². The summed E-state index contributed by atoms with van der Waals surface area (Å²) in [6, 6.07) is 8.92. The van der Waals surface area contributed by atoms with Crippen molar-refractivity contribution in [1.29, 1.82) is 5.26 Å². The normalized spacial score (nSPS) is 11.3. The van der Waals surface area contributed by atoms with E-state index in [9.17, 15) is 8.42 Å². The van der Waals surface area contributed by atoms with Crippen LogP contribution in [0.15, 0.2) is 24.3 Å². The van der Waals surface area contributed by atoms with Crippen LogP contribution in [0, 0.1) is 11.3 Å². The van der Waals surface area contributed by atoms with Crippen LogP contribution in [0.25, 0.3) is 0 Å². The summed E-state index contributed by atoms with van der Waals surface area (Å²) >= 11 is 0. The zero-order valence-corrected chi connectivity index (χ0v) is 12.0. The zero-order valence-electron chi connectivity index (χ0n) is 11.2. The first-order valence-corrected chi connectivity index (χ1v) is 7.96. The second-order valence-corrected chi connectivity index (χ2v) is 6.68. The SMILES string of the molecule is CN(CCOc1ccc(C#N)cc1)CCS(C)(=O)=O. The Morgan fingerprint density at radius 1 is 1.26 bits per heavy atom. The van der Waals surface area contributed by atoms with Crippen molar-refractivity contribution in [1.82, 2.24) is 4.90 Å². The lowest BCUT2D eigenvalue weighted by Crippen LogP contribution is -2.29. The number of hydrogen-bond acceptors (Lipinski definition) is 5. The van der Waals surface area contributed by atoms with E-state index >= 15 is 0 Å². The fraction of sp³-hybridized carbons (Fsp3) is 0.462. The molecule has 0 heterocycles. The fourth-order valence-corrected chi connectivity index (χ4v) is 2.02. The molecule has 1 aromatic rings. The highest BCUT2D eigenvalue weighted by Gasteiger charge is 2.05. The summed E-state index contributed by atoms with van der Waals surface area (Å²) in [5.41, 5.74) is 0.595. The Kier molecular flexibility index (Phi) is 5.80. The van der Waals surface area contributed by atoms with Crippen molar-refractivity contribution in [2.45, 2.75) is 0 Å². The van der Waals surface area contributed by atoms with E-state index in [2.05, 4.69) is 0 Å². The first-order chi connectivity index (χ1) is 8.90. The average molecular weight is 282 g/mol. The van der Waals surface area contributed by atoms with Gasteiger partial charge in [-0.15, -0.1) is 0 Å². The fourth-order valence-electron chi connectivity index (χ4n) is 1.38. The molecule has 0 saturated heterocycles. The molecule has 19 heavy (non-hydrogen) atoms. The van der Waals surface area contributed by atoms with Crippen LogP contribution >= 0.6 is 0 Å². The van der Waals surface area contributed by atoms with Crippen molar-refractivity contribution in [2.24, 2.45) is 0 Å². The number of hydrogen-bond donors (Lipinski definition) is 0. The molecule has 0 fully saturated rings. The quantitative estimate of drug-likeness (QED) is 0.743. The van der Waals surface area contributed by atoms with Crippen LogP contribution in [0.4, 0.5) is 0 Å². The van der Waals surface area contributed by atoms with Crippen molar-refractivity contribution in [3.8, 4) is 11.8 Å². The van der Waals surface area contributed by atoms with Gasteiger partial charge in [-0.05, 0) is 31.3 Å². The van der Waals surface area contributed by atoms with Gasteiger partial charge in [-0.25, -0.2) is 8.42 Å². The van der Waals surface area contributed by atoms with Crippen LogP contribution in [0.2, 0.25) is 0 Å². The lowest BCUT2D eigenvalue weighted by molar-refractivity contribution is 0.244. The maximum atomic E-state index is 11.0. The Labute approximate surface area is 114 Å². The van der Waals surface area contributed by atoms with E-state index in [0.29, 0.717) is 31.0 Å². The third-order valence-electron chi connectivity index (χ3n) is 2.57. The van der Waals surface area contributed by atoms with Gasteiger partial charge in [0.25, 0.3) is 0 Å². The summed E-state index contributed by atoms with van der Waals surface area (Å²) in [6.07, 6.45) is 1.23. The van der Waals surface area contributed by atoms with E-state index in [-0.39, 0.29) is 5.75 Å². The molecule has 0 unspecified atom stereocenters. The molecule has 0 aromatic heterocycles. The maximum absolute atomic E-state index is 11.0. The molecule has 0 saturated carbocycles. The summed E-state index contributed by atoms with van der Waals surface area (Å²) in [5, 5.41) is 8.66. The van der Waals surface area contributed by atoms with Crippen molar-refractivity contribution in [3.05, 3.63) is 29.8 Å². The molecule has 0 spiro atoms. The predicted octanol–water partition coefficient (Wildman–Crippen LogP) is 0.913. The van der Waals surface area contributed by atoms with Crippen molar-refractivity contribution < 1.29 is 13.2 Å². The van der Waals surface area contributed by atoms with Gasteiger partial charge in [0.1, 0.15) is 22.2 Å². The lowest BCUT2D eigenvalue weighted by Gasteiger charge is -2.16. The molecule has 0 atom stereocenters. The minimum absolute atomic E-state index is 0.153. The van der Waals surface area contributed by atoms with Crippen LogP contribution in [0.5, 0.6) is 5.75 Å². The standard InChI is InChI=1S/C13H18N2O3S/c1-15(8-10-19(2,16)17)7-9-18-13-5-3-12(11-14)4-6-13/h3-6H,7-10H2,1-2H3. The molecule has 0 aliphatic rings. The average Bonchev–Trinajstić information content (AvgIpc) is 2.36. The summed E-state index contributed by atoms with van der Waals surface area (Å²) in [7, 11) is -1.06. The van der Waals surface area contributed by atoms with E-state index in [0.717, 1.165) is 0 Å². The highest BCUT2D eigenvalue weighted by molar-refractivity contribution is 7.90. The summed E-state index contributed by atoms with van der Waals surface area (Å²) in [6.45, 7) is 1.62. The van der Waals surface area contributed by atoms with Gasteiger partial charge in [-0.1, -0.05) is 0 Å². The monoisotopic (exact) mass is 282 g/mol. The van der Waals surface area contributed by atoms with E-state index < -0.39 is 9.84 Å². The largest absolute Gasteiger partial charge is 0.492 e. The van der Waals surface area contributed by atoms with E-state index in [1.54, 1.807) is 24.3 Å². The minimum atomic E-state index is -2.92. The second-order valence-electron chi connectivity index (χ2n) is 4.42. The molecule has 0 radical (unpaired) electrons. The third-order valence-corrected chi connectivity index (χ3v) is 3.49. The first kappa shape index (κ1) is 15.5. The molecule has 0 N–H and O–H groups in total. The third kappa shape index (κ3) is 6.79. The summed E-state index contributed by atoms with van der Waals surface area (Å²) in [4.78, 5) is 1.91. The number of likely N-dealkylation sites (N-methyl/N-ethyl adjacent to an activating group) is 1. The molecule has 0 aliphatic heterocycles. The molecule has 1 rings (SSSR count). The molecule has 1 aromatic carbocycles. The van der Waals surface area contributed by atoms with Crippen LogP contribution in [-0.2, 0) is 9.84 Å². The smallest absolute Gasteiger partial charge is 0.148 e. The maximum Gasteiger partial charge on any atom is 0.148 e. The predicted molar refractivity (Wildman–Crippen MR) is 73.9 cm³/mol. The van der Waals surface area contributed by atoms with Gasteiger partial charge in [-0.3, -0.25) is 0 Å². The number of sulfone groups is 1. The van der Waals surface area contributed by atoms with Gasteiger partial charge < -0.3 is 9.64 Å². The molecule has 0 amide bonds. The van der Waals surface area contributed by atoms with Crippen molar-refractivity contribution >= 4 is 9.84 Å². The Hall–Kier alpha value is -1.58. The molecular weight excluding hydrogens is 264 g/mol. The highest BCUT2D eigenvalue weighted by atomic mass is 32.2. The van der Waals surface area contributed by atoms with Gasteiger partial charge in [0, 0.05) is 19.3 Å². The van der Waals surface area contributed by atoms with E-state index in [4.69, 9.17) is 10.00 Å². The topological polar surface area (TPSA) is 70.4 Å². The van der Waals surface area contributed by atoms with Crippen LogP contribution in [0.3, 0.4) is 0 Å². The van der Waals surface area contributed by atoms with Gasteiger partial charge in [-0.2, -0.15) is 5.26 Å². The number of ether oxygens (including phenoxy) is 1. The molecule has 0 bridgehead atoms. The molecular formula is C13H18N2O3S. The molecule has 5 nitrogen and oxygen atoms in total. The van der Waals surface area contributed by atoms with E-state index in [1.807, 2.05) is 18.0 Å². The number of nitrogens with zero attached hydrogens (tertiary/aromatic N) is 2. The Morgan fingerprint density at radius 3 is 2.42 bits per heavy atom. The van der Waals surface area contributed by atoms with Gasteiger partial charge >= 0.3 is 0 Å². The van der Waals surface area contributed by atoms with Crippen molar-refractivity contribution in [2.75, 3.05) is 38.8 Å². The van der Waals surface area contributed by atoms with Crippen LogP contribution in [-0.4, -0.2) is 52.1 Å². The molecule has 104 valence electrons. The second kappa shape index (κ2) is 7.12. The van der Waals surface area contributed by atoms with Crippen LogP contribution < -0.4 is 4.74 Å². The Balaban J connectivity index is 2.28. The van der Waals surface area contributed by atoms with E-state index in [1.165, 1.54) is 6.26 Å². The van der Waals surface area contributed by atoms with Gasteiger partial charge in [0.05, 0.1) is 17.4 Å².